The standard InChI is InChI=1S/C14H13BrN2O2/c15-11-6-4-9(5-7-11)13-16-14(19-17-13)10-2-1-3-12(18)8-10/h4-7,10H,1-3,8H2. The van der Waals surface area contributed by atoms with E-state index in [1.807, 2.05) is 24.3 Å². The fourth-order valence-electron chi connectivity index (χ4n) is 2.35. The van der Waals surface area contributed by atoms with Gasteiger partial charge in [0.15, 0.2) is 0 Å². The first-order valence-electron chi connectivity index (χ1n) is 6.33. The number of ketones is 1. The van der Waals surface area contributed by atoms with Gasteiger partial charge in [0.05, 0.1) is 0 Å². The molecule has 1 aromatic heterocycles. The summed E-state index contributed by atoms with van der Waals surface area (Å²) in [6.45, 7) is 0. The molecule has 1 atom stereocenters. The molecule has 4 nitrogen and oxygen atoms in total. The molecule has 1 fully saturated rings. The maximum absolute atomic E-state index is 11.5. The van der Waals surface area contributed by atoms with Crippen LogP contribution in [0.5, 0.6) is 0 Å². The second-order valence-corrected chi connectivity index (χ2v) is 5.71. The highest BCUT2D eigenvalue weighted by Crippen LogP contribution is 2.31. The van der Waals surface area contributed by atoms with E-state index in [0.717, 1.165) is 22.9 Å². The Morgan fingerprint density at radius 3 is 2.79 bits per heavy atom. The van der Waals surface area contributed by atoms with Crippen molar-refractivity contribution in [2.24, 2.45) is 0 Å². The second kappa shape index (κ2) is 5.25. The van der Waals surface area contributed by atoms with Crippen LogP contribution < -0.4 is 0 Å². The summed E-state index contributed by atoms with van der Waals surface area (Å²) in [6.07, 6.45) is 3.08. The number of hydrogen-bond donors (Lipinski definition) is 0. The second-order valence-electron chi connectivity index (χ2n) is 4.80. The molecule has 1 saturated carbocycles. The third kappa shape index (κ3) is 2.76. The fourth-order valence-corrected chi connectivity index (χ4v) is 2.62. The van der Waals surface area contributed by atoms with Gasteiger partial charge >= 0.3 is 0 Å². The van der Waals surface area contributed by atoms with Crippen LogP contribution >= 0.6 is 15.9 Å². The molecule has 1 aromatic carbocycles. The number of nitrogens with zero attached hydrogens (tertiary/aromatic N) is 2. The van der Waals surface area contributed by atoms with Gasteiger partial charge in [-0.1, -0.05) is 21.1 Å². The molecule has 1 aliphatic carbocycles. The van der Waals surface area contributed by atoms with E-state index < -0.39 is 0 Å². The van der Waals surface area contributed by atoms with E-state index in [2.05, 4.69) is 26.1 Å². The number of carbonyl (C=O) groups excluding carboxylic acids is 1. The Morgan fingerprint density at radius 1 is 1.26 bits per heavy atom. The van der Waals surface area contributed by atoms with Crippen molar-refractivity contribution in [3.8, 4) is 11.4 Å². The Balaban J connectivity index is 1.82. The smallest absolute Gasteiger partial charge is 0.230 e. The molecule has 0 N–H and O–H groups in total. The van der Waals surface area contributed by atoms with E-state index in [1.54, 1.807) is 0 Å². The Kier molecular flexibility index (Phi) is 3.46. The van der Waals surface area contributed by atoms with Crippen LogP contribution in [0.25, 0.3) is 11.4 Å². The molecule has 0 aliphatic heterocycles. The lowest BCUT2D eigenvalue weighted by molar-refractivity contribution is -0.120. The summed E-state index contributed by atoms with van der Waals surface area (Å²) in [6, 6.07) is 7.75. The first-order valence-corrected chi connectivity index (χ1v) is 7.13. The molecule has 5 heteroatoms. The van der Waals surface area contributed by atoms with Gasteiger partial charge in [-0.25, -0.2) is 0 Å². The topological polar surface area (TPSA) is 56.0 Å². The molecule has 1 aliphatic rings. The number of Topliss-reactive ketones (excluding diaryl/α,β-unsaturated/α-hetero) is 1. The van der Waals surface area contributed by atoms with Gasteiger partial charge in [-0.3, -0.25) is 4.79 Å². The summed E-state index contributed by atoms with van der Waals surface area (Å²) in [7, 11) is 0. The summed E-state index contributed by atoms with van der Waals surface area (Å²) < 4.78 is 6.32. The molecule has 1 heterocycles. The number of aromatic nitrogens is 2. The van der Waals surface area contributed by atoms with Crippen LogP contribution in [0.4, 0.5) is 0 Å². The number of halogens is 1. The maximum Gasteiger partial charge on any atom is 0.230 e. The lowest BCUT2D eigenvalue weighted by Gasteiger charge is -2.16. The first-order chi connectivity index (χ1) is 9.22. The highest BCUT2D eigenvalue weighted by molar-refractivity contribution is 9.10. The van der Waals surface area contributed by atoms with Gasteiger partial charge in [0, 0.05) is 28.8 Å². The van der Waals surface area contributed by atoms with Gasteiger partial charge in [0.25, 0.3) is 0 Å². The van der Waals surface area contributed by atoms with E-state index in [4.69, 9.17) is 4.52 Å². The molecule has 19 heavy (non-hydrogen) atoms. The monoisotopic (exact) mass is 320 g/mol. The van der Waals surface area contributed by atoms with Gasteiger partial charge < -0.3 is 4.52 Å². The van der Waals surface area contributed by atoms with E-state index in [-0.39, 0.29) is 5.92 Å². The molecule has 0 spiro atoms. The van der Waals surface area contributed by atoms with Crippen molar-refractivity contribution in [1.29, 1.82) is 0 Å². The summed E-state index contributed by atoms with van der Waals surface area (Å²) >= 11 is 3.39. The van der Waals surface area contributed by atoms with Crippen molar-refractivity contribution in [2.75, 3.05) is 0 Å². The molecular formula is C14H13BrN2O2. The fraction of sp³-hybridized carbons (Fsp3) is 0.357. The van der Waals surface area contributed by atoms with Crippen molar-refractivity contribution in [3.63, 3.8) is 0 Å². The average Bonchev–Trinajstić information content (AvgIpc) is 2.89. The zero-order valence-electron chi connectivity index (χ0n) is 10.3. The minimum absolute atomic E-state index is 0.0953. The molecule has 0 saturated heterocycles. The minimum Gasteiger partial charge on any atom is -0.339 e. The molecule has 0 bridgehead atoms. The van der Waals surface area contributed by atoms with Crippen molar-refractivity contribution in [1.82, 2.24) is 10.1 Å². The lowest BCUT2D eigenvalue weighted by atomic mass is 9.88. The zero-order valence-corrected chi connectivity index (χ0v) is 11.9. The molecule has 2 aromatic rings. The number of rotatable bonds is 2. The van der Waals surface area contributed by atoms with Crippen molar-refractivity contribution >= 4 is 21.7 Å². The van der Waals surface area contributed by atoms with Crippen LogP contribution in [0.15, 0.2) is 33.3 Å². The van der Waals surface area contributed by atoms with Crippen LogP contribution in [0.1, 0.15) is 37.5 Å². The Morgan fingerprint density at radius 2 is 2.05 bits per heavy atom. The molecule has 0 amide bonds. The summed E-state index contributed by atoms with van der Waals surface area (Å²) in [5.74, 6) is 1.56. The lowest BCUT2D eigenvalue weighted by Crippen LogP contribution is -2.13. The SMILES string of the molecule is O=C1CCCC(c2nc(-c3ccc(Br)cc3)no2)C1. The highest BCUT2D eigenvalue weighted by Gasteiger charge is 2.26. The average molecular weight is 321 g/mol. The number of carbonyl (C=O) groups is 1. The van der Waals surface area contributed by atoms with E-state index >= 15 is 0 Å². The van der Waals surface area contributed by atoms with Crippen molar-refractivity contribution in [3.05, 3.63) is 34.6 Å². The Labute approximate surface area is 119 Å². The zero-order chi connectivity index (χ0) is 13.2. The van der Waals surface area contributed by atoms with Gasteiger partial charge in [-0.15, -0.1) is 0 Å². The van der Waals surface area contributed by atoms with E-state index in [0.29, 0.717) is 30.3 Å². The van der Waals surface area contributed by atoms with Gasteiger partial charge in [0.2, 0.25) is 11.7 Å². The Bertz CT molecular complexity index is 592. The third-order valence-corrected chi connectivity index (χ3v) is 3.90. The minimum atomic E-state index is 0.0953. The van der Waals surface area contributed by atoms with Crippen LogP contribution in [-0.2, 0) is 4.79 Å². The molecule has 1 unspecified atom stereocenters. The van der Waals surface area contributed by atoms with Crippen LogP contribution in [-0.4, -0.2) is 15.9 Å². The van der Waals surface area contributed by atoms with Gasteiger partial charge in [-0.2, -0.15) is 4.98 Å². The summed E-state index contributed by atoms with van der Waals surface area (Å²) in [4.78, 5) is 15.9. The third-order valence-electron chi connectivity index (χ3n) is 3.38. The molecule has 0 radical (unpaired) electrons. The maximum atomic E-state index is 11.5. The van der Waals surface area contributed by atoms with Crippen LogP contribution in [0, 0.1) is 0 Å². The van der Waals surface area contributed by atoms with Crippen molar-refractivity contribution < 1.29 is 9.32 Å². The van der Waals surface area contributed by atoms with Crippen molar-refractivity contribution in [2.45, 2.75) is 31.6 Å². The number of hydrogen-bond acceptors (Lipinski definition) is 4. The van der Waals surface area contributed by atoms with Crippen LogP contribution in [0.3, 0.4) is 0 Å². The van der Waals surface area contributed by atoms with E-state index in [1.165, 1.54) is 0 Å². The summed E-state index contributed by atoms with van der Waals surface area (Å²) in [5, 5.41) is 4.00. The highest BCUT2D eigenvalue weighted by atomic mass is 79.9. The summed E-state index contributed by atoms with van der Waals surface area (Å²) in [5.41, 5.74) is 0.917. The predicted molar refractivity (Wildman–Crippen MR) is 73.7 cm³/mol. The van der Waals surface area contributed by atoms with Crippen LogP contribution in [0.2, 0.25) is 0 Å². The quantitative estimate of drug-likeness (QED) is 0.846. The molecular weight excluding hydrogens is 308 g/mol. The number of benzene rings is 1. The Hall–Kier alpha value is -1.49. The van der Waals surface area contributed by atoms with E-state index in [9.17, 15) is 4.79 Å². The first kappa shape index (κ1) is 12.5. The van der Waals surface area contributed by atoms with Gasteiger partial charge in [0.1, 0.15) is 5.78 Å². The largest absolute Gasteiger partial charge is 0.339 e. The molecule has 3 rings (SSSR count). The predicted octanol–water partition coefficient (Wildman–Crippen LogP) is 3.73. The normalized spacial score (nSPS) is 19.6. The molecule has 98 valence electrons. The van der Waals surface area contributed by atoms with Gasteiger partial charge in [-0.05, 0) is 37.1 Å².